The number of rotatable bonds is 9. The fourth-order valence-corrected chi connectivity index (χ4v) is 3.13. The fourth-order valence-electron chi connectivity index (χ4n) is 2.32. The van der Waals surface area contributed by atoms with Gasteiger partial charge in [-0.2, -0.15) is 0 Å². The average Bonchev–Trinajstić information content (AvgIpc) is 3.10. The SMILES string of the molecule is COc1ccc(OCCS(=O)Cc2nnc(Cc3ccccc3)o2)cc1. The maximum atomic E-state index is 12.2. The van der Waals surface area contributed by atoms with Gasteiger partial charge in [0.25, 0.3) is 0 Å². The third-order valence-corrected chi connectivity index (χ3v) is 4.82. The first-order valence-electron chi connectivity index (χ1n) is 8.20. The van der Waals surface area contributed by atoms with Crippen LogP contribution in [-0.4, -0.2) is 33.9 Å². The normalized spacial score (nSPS) is 11.9. The van der Waals surface area contributed by atoms with Crippen molar-refractivity contribution in [3.63, 3.8) is 0 Å². The van der Waals surface area contributed by atoms with E-state index < -0.39 is 10.8 Å². The Hall–Kier alpha value is -2.67. The lowest BCUT2D eigenvalue weighted by Crippen LogP contribution is -2.10. The molecule has 2 aromatic carbocycles. The summed E-state index contributed by atoms with van der Waals surface area (Å²) < 4.78 is 28.4. The van der Waals surface area contributed by atoms with Gasteiger partial charge < -0.3 is 13.9 Å². The molecular formula is C19H20N2O4S. The first-order valence-corrected chi connectivity index (χ1v) is 9.69. The second-order valence-electron chi connectivity index (χ2n) is 5.56. The molecule has 7 heteroatoms. The Morgan fingerprint density at radius 2 is 1.65 bits per heavy atom. The summed E-state index contributed by atoms with van der Waals surface area (Å²) in [6.45, 7) is 0.351. The highest BCUT2D eigenvalue weighted by atomic mass is 32.2. The minimum Gasteiger partial charge on any atom is -0.497 e. The van der Waals surface area contributed by atoms with Crippen LogP contribution in [0.2, 0.25) is 0 Å². The van der Waals surface area contributed by atoms with Gasteiger partial charge in [-0.05, 0) is 29.8 Å². The molecule has 0 bridgehead atoms. The number of benzene rings is 2. The van der Waals surface area contributed by atoms with E-state index >= 15 is 0 Å². The highest BCUT2D eigenvalue weighted by molar-refractivity contribution is 7.84. The summed E-state index contributed by atoms with van der Waals surface area (Å²) in [5, 5.41) is 7.99. The monoisotopic (exact) mass is 372 g/mol. The largest absolute Gasteiger partial charge is 0.497 e. The van der Waals surface area contributed by atoms with Crippen LogP contribution >= 0.6 is 0 Å². The maximum absolute atomic E-state index is 12.2. The molecule has 3 rings (SSSR count). The van der Waals surface area contributed by atoms with E-state index in [9.17, 15) is 4.21 Å². The molecule has 1 unspecified atom stereocenters. The van der Waals surface area contributed by atoms with E-state index in [0.29, 0.717) is 36.3 Å². The molecule has 0 aliphatic heterocycles. The third kappa shape index (κ3) is 5.42. The molecule has 3 aromatic rings. The van der Waals surface area contributed by atoms with Gasteiger partial charge in [0.05, 0.1) is 25.9 Å². The maximum Gasteiger partial charge on any atom is 0.229 e. The molecule has 0 aliphatic carbocycles. The lowest BCUT2D eigenvalue weighted by Gasteiger charge is -2.06. The van der Waals surface area contributed by atoms with Gasteiger partial charge in [0.1, 0.15) is 17.3 Å². The minimum absolute atomic E-state index is 0.230. The second-order valence-corrected chi connectivity index (χ2v) is 7.14. The van der Waals surface area contributed by atoms with Gasteiger partial charge in [0.15, 0.2) is 0 Å². The molecule has 6 nitrogen and oxygen atoms in total. The van der Waals surface area contributed by atoms with Crippen LogP contribution in [-0.2, 0) is 23.0 Å². The highest BCUT2D eigenvalue weighted by Gasteiger charge is 2.11. The lowest BCUT2D eigenvalue weighted by molar-refractivity contribution is 0.341. The van der Waals surface area contributed by atoms with Gasteiger partial charge in [-0.1, -0.05) is 30.3 Å². The van der Waals surface area contributed by atoms with Crippen LogP contribution in [0.1, 0.15) is 17.3 Å². The molecule has 0 radical (unpaired) electrons. The minimum atomic E-state index is -1.13. The number of methoxy groups -OCH3 is 1. The van der Waals surface area contributed by atoms with E-state index in [2.05, 4.69) is 10.2 Å². The van der Waals surface area contributed by atoms with Crippen molar-refractivity contribution in [2.75, 3.05) is 19.5 Å². The predicted molar refractivity (Wildman–Crippen MR) is 98.7 cm³/mol. The van der Waals surface area contributed by atoms with E-state index in [4.69, 9.17) is 13.9 Å². The summed E-state index contributed by atoms with van der Waals surface area (Å²) in [4.78, 5) is 0. The standard InChI is InChI=1S/C19H20N2O4S/c1-23-16-7-9-17(10-8-16)24-11-12-26(22)14-19-21-20-18(25-19)13-15-5-3-2-4-6-15/h2-10H,11-14H2,1H3. The van der Waals surface area contributed by atoms with Gasteiger partial charge in [0, 0.05) is 10.8 Å². The zero-order valence-corrected chi connectivity index (χ0v) is 15.3. The van der Waals surface area contributed by atoms with E-state index in [1.807, 2.05) is 54.6 Å². The van der Waals surface area contributed by atoms with Gasteiger partial charge in [-0.3, -0.25) is 4.21 Å². The van der Waals surface area contributed by atoms with Crippen molar-refractivity contribution in [3.05, 3.63) is 71.9 Å². The molecule has 0 spiro atoms. The first kappa shape index (κ1) is 18.1. The summed E-state index contributed by atoms with van der Waals surface area (Å²) in [7, 11) is 0.483. The molecular weight excluding hydrogens is 352 g/mol. The molecule has 1 atom stereocenters. The van der Waals surface area contributed by atoms with Gasteiger partial charge in [0.2, 0.25) is 11.8 Å². The Labute approximate surface area is 154 Å². The van der Waals surface area contributed by atoms with Crippen LogP contribution in [0.15, 0.2) is 59.0 Å². The quantitative estimate of drug-likeness (QED) is 0.575. The van der Waals surface area contributed by atoms with Crippen molar-refractivity contribution in [2.24, 2.45) is 0 Å². The lowest BCUT2D eigenvalue weighted by atomic mass is 10.2. The van der Waals surface area contributed by atoms with Crippen molar-refractivity contribution in [3.8, 4) is 11.5 Å². The van der Waals surface area contributed by atoms with Crippen molar-refractivity contribution in [1.82, 2.24) is 10.2 Å². The van der Waals surface area contributed by atoms with Gasteiger partial charge in [-0.15, -0.1) is 10.2 Å². The average molecular weight is 372 g/mol. The van der Waals surface area contributed by atoms with Crippen molar-refractivity contribution in [2.45, 2.75) is 12.2 Å². The summed E-state index contributed by atoms with van der Waals surface area (Å²) >= 11 is 0. The highest BCUT2D eigenvalue weighted by Crippen LogP contribution is 2.17. The summed E-state index contributed by atoms with van der Waals surface area (Å²) in [6, 6.07) is 17.1. The molecule has 1 heterocycles. The van der Waals surface area contributed by atoms with Crippen LogP contribution in [0.4, 0.5) is 0 Å². The zero-order valence-electron chi connectivity index (χ0n) is 14.5. The zero-order chi connectivity index (χ0) is 18.2. The van der Waals surface area contributed by atoms with Crippen LogP contribution in [0.5, 0.6) is 11.5 Å². The smallest absolute Gasteiger partial charge is 0.229 e. The number of ether oxygens (including phenoxy) is 2. The number of nitrogens with zero attached hydrogens (tertiary/aromatic N) is 2. The van der Waals surface area contributed by atoms with Crippen LogP contribution in [0.25, 0.3) is 0 Å². The molecule has 0 saturated heterocycles. The van der Waals surface area contributed by atoms with Gasteiger partial charge >= 0.3 is 0 Å². The molecule has 0 fully saturated rings. The molecule has 0 saturated carbocycles. The van der Waals surface area contributed by atoms with E-state index in [-0.39, 0.29) is 5.75 Å². The Balaban J connectivity index is 1.43. The Bertz CT molecular complexity index is 834. The summed E-state index contributed by atoms with van der Waals surface area (Å²) in [5.74, 6) is 3.02. The second kappa shape index (κ2) is 9.15. The molecule has 0 N–H and O–H groups in total. The predicted octanol–water partition coefficient (Wildman–Crippen LogP) is 3.00. The van der Waals surface area contributed by atoms with Gasteiger partial charge in [-0.25, -0.2) is 0 Å². The molecule has 1 aromatic heterocycles. The molecule has 0 aliphatic rings. The molecule has 0 amide bonds. The summed E-state index contributed by atoms with van der Waals surface area (Å²) in [5.41, 5.74) is 1.09. The molecule has 136 valence electrons. The number of hydrogen-bond donors (Lipinski definition) is 0. The van der Waals surface area contributed by atoms with E-state index in [1.54, 1.807) is 7.11 Å². The number of aromatic nitrogens is 2. The van der Waals surface area contributed by atoms with Crippen LogP contribution in [0.3, 0.4) is 0 Å². The number of hydrogen-bond acceptors (Lipinski definition) is 6. The first-order chi connectivity index (χ1) is 12.7. The van der Waals surface area contributed by atoms with Crippen molar-refractivity contribution >= 4 is 10.8 Å². The Morgan fingerprint density at radius 1 is 0.962 bits per heavy atom. The fraction of sp³-hybridized carbons (Fsp3) is 0.263. The van der Waals surface area contributed by atoms with Crippen LogP contribution in [0, 0.1) is 0 Å². The van der Waals surface area contributed by atoms with E-state index in [0.717, 1.165) is 11.3 Å². The third-order valence-electron chi connectivity index (χ3n) is 3.63. The Morgan fingerprint density at radius 3 is 2.38 bits per heavy atom. The topological polar surface area (TPSA) is 74.5 Å². The Kier molecular flexibility index (Phi) is 6.38. The van der Waals surface area contributed by atoms with Crippen molar-refractivity contribution < 1.29 is 18.1 Å². The van der Waals surface area contributed by atoms with Crippen molar-refractivity contribution in [1.29, 1.82) is 0 Å². The molecule has 26 heavy (non-hydrogen) atoms. The van der Waals surface area contributed by atoms with E-state index in [1.165, 1.54) is 0 Å². The summed E-state index contributed by atoms with van der Waals surface area (Å²) in [6.07, 6.45) is 0.570. The van der Waals surface area contributed by atoms with Crippen LogP contribution < -0.4 is 9.47 Å².